The second kappa shape index (κ2) is 5.16. The highest BCUT2D eigenvalue weighted by Crippen LogP contribution is 2.10. The van der Waals surface area contributed by atoms with Gasteiger partial charge in [0, 0.05) is 0 Å². The summed E-state index contributed by atoms with van der Waals surface area (Å²) in [5, 5.41) is 0. The van der Waals surface area contributed by atoms with E-state index in [1.165, 1.54) is 21.0 Å². The summed E-state index contributed by atoms with van der Waals surface area (Å²) in [6.07, 6.45) is -0.760. The molecule has 0 aliphatic carbocycles. The van der Waals surface area contributed by atoms with Gasteiger partial charge in [-0.2, -0.15) is 5.48 Å². The highest BCUT2D eigenvalue weighted by molar-refractivity contribution is 5.78. The van der Waals surface area contributed by atoms with Gasteiger partial charge in [0.05, 0.1) is 7.11 Å². The number of carbonyl (C=O) groups is 2. The Morgan fingerprint density at radius 2 is 1.56 bits per heavy atom. The summed E-state index contributed by atoms with van der Waals surface area (Å²) in [6, 6.07) is 0. The third-order valence-electron chi connectivity index (χ3n) is 1.47. The molecule has 0 saturated carbocycles. The van der Waals surface area contributed by atoms with Crippen LogP contribution < -0.4 is 5.48 Å². The number of carbonyl (C=O) groups excluding carboxylic acids is 2. The summed E-state index contributed by atoms with van der Waals surface area (Å²) in [4.78, 5) is 27.3. The van der Waals surface area contributed by atoms with E-state index < -0.39 is 23.3 Å². The monoisotopic (exact) mass is 233 g/mol. The van der Waals surface area contributed by atoms with Crippen LogP contribution in [0.4, 0.5) is 4.79 Å². The molecule has 6 heteroatoms. The number of rotatable bonds is 3. The first kappa shape index (κ1) is 14.7. The average Bonchev–Trinajstić information content (AvgIpc) is 2.11. The third-order valence-corrected chi connectivity index (χ3v) is 1.47. The van der Waals surface area contributed by atoms with Crippen molar-refractivity contribution < 1.29 is 23.9 Å². The van der Waals surface area contributed by atoms with Crippen LogP contribution in [0.3, 0.4) is 0 Å². The molecule has 0 spiro atoms. The van der Waals surface area contributed by atoms with Gasteiger partial charge in [-0.05, 0) is 34.6 Å². The minimum Gasteiger partial charge on any atom is -0.467 e. The molecule has 0 atom stereocenters. The molecule has 0 aromatic rings. The number of nitrogens with one attached hydrogen (secondary N) is 1. The Bertz CT molecular complexity index is 267. The van der Waals surface area contributed by atoms with Gasteiger partial charge in [-0.3, -0.25) is 4.84 Å². The summed E-state index contributed by atoms with van der Waals surface area (Å²) in [6.45, 7) is 8.10. The van der Waals surface area contributed by atoms with E-state index in [4.69, 9.17) is 9.57 Å². The van der Waals surface area contributed by atoms with E-state index in [-0.39, 0.29) is 0 Å². The van der Waals surface area contributed by atoms with Crippen molar-refractivity contribution in [2.45, 2.75) is 45.8 Å². The summed E-state index contributed by atoms with van der Waals surface area (Å²) < 4.78 is 9.41. The second-order valence-electron chi connectivity index (χ2n) is 4.71. The highest BCUT2D eigenvalue weighted by atomic mass is 16.7. The lowest BCUT2D eigenvalue weighted by Gasteiger charge is -2.24. The molecule has 0 radical (unpaired) electrons. The first-order chi connectivity index (χ1) is 7.08. The molecule has 0 fully saturated rings. The maximum absolute atomic E-state index is 11.2. The van der Waals surface area contributed by atoms with E-state index in [2.05, 4.69) is 4.74 Å². The fourth-order valence-corrected chi connectivity index (χ4v) is 0.756. The van der Waals surface area contributed by atoms with Gasteiger partial charge < -0.3 is 9.47 Å². The topological polar surface area (TPSA) is 73.9 Å². The van der Waals surface area contributed by atoms with E-state index in [9.17, 15) is 9.59 Å². The molecule has 0 aromatic carbocycles. The normalized spacial score (nSPS) is 11.9. The number of ether oxygens (including phenoxy) is 2. The van der Waals surface area contributed by atoms with Gasteiger partial charge in [-0.15, -0.1) is 0 Å². The van der Waals surface area contributed by atoms with Crippen molar-refractivity contribution in [1.82, 2.24) is 5.48 Å². The smallest absolute Gasteiger partial charge is 0.431 e. The maximum Gasteiger partial charge on any atom is 0.431 e. The van der Waals surface area contributed by atoms with Gasteiger partial charge in [0.25, 0.3) is 0 Å². The lowest BCUT2D eigenvalue weighted by Crippen LogP contribution is -2.44. The molecular weight excluding hydrogens is 214 g/mol. The largest absolute Gasteiger partial charge is 0.467 e. The van der Waals surface area contributed by atoms with Crippen LogP contribution in [0.5, 0.6) is 0 Å². The third kappa shape index (κ3) is 5.55. The Morgan fingerprint density at radius 3 is 1.94 bits per heavy atom. The Morgan fingerprint density at radius 1 is 1.06 bits per heavy atom. The van der Waals surface area contributed by atoms with Crippen LogP contribution in [0.2, 0.25) is 0 Å². The van der Waals surface area contributed by atoms with E-state index in [1.54, 1.807) is 20.8 Å². The number of esters is 1. The van der Waals surface area contributed by atoms with Crippen LogP contribution >= 0.6 is 0 Å². The molecule has 0 aliphatic heterocycles. The first-order valence-corrected chi connectivity index (χ1v) is 4.84. The summed E-state index contributed by atoms with van der Waals surface area (Å²) in [7, 11) is 1.24. The van der Waals surface area contributed by atoms with Crippen molar-refractivity contribution >= 4 is 12.1 Å². The van der Waals surface area contributed by atoms with Crippen molar-refractivity contribution in [3.8, 4) is 0 Å². The molecule has 0 rings (SSSR count). The lowest BCUT2D eigenvalue weighted by atomic mass is 10.1. The molecule has 0 aromatic heterocycles. The molecular formula is C10H19NO5. The number of hydroxylamine groups is 1. The fourth-order valence-electron chi connectivity index (χ4n) is 0.756. The second-order valence-corrected chi connectivity index (χ2v) is 4.71. The Hall–Kier alpha value is -1.30. The molecule has 1 amide bonds. The standard InChI is InChI=1S/C10H19NO5/c1-9(2,3)15-8(13)11-16-10(4,5)7(12)14-6/h1-6H3,(H,11,13). The molecule has 0 aliphatic rings. The van der Waals surface area contributed by atoms with Crippen LogP contribution in [0, 0.1) is 0 Å². The zero-order valence-electron chi connectivity index (χ0n) is 10.5. The van der Waals surface area contributed by atoms with Crippen LogP contribution in [0.25, 0.3) is 0 Å². The SMILES string of the molecule is COC(=O)C(C)(C)ONC(=O)OC(C)(C)C. The maximum atomic E-state index is 11.2. The summed E-state index contributed by atoms with van der Waals surface area (Å²) in [5.41, 5.74) is 0.152. The van der Waals surface area contributed by atoms with E-state index in [0.717, 1.165) is 0 Å². The molecule has 6 nitrogen and oxygen atoms in total. The molecule has 94 valence electrons. The van der Waals surface area contributed by atoms with Crippen LogP contribution in [0.15, 0.2) is 0 Å². The predicted molar refractivity (Wildman–Crippen MR) is 56.5 cm³/mol. The van der Waals surface area contributed by atoms with E-state index >= 15 is 0 Å². The Kier molecular flexibility index (Phi) is 4.74. The summed E-state index contributed by atoms with van der Waals surface area (Å²) >= 11 is 0. The van der Waals surface area contributed by atoms with Gasteiger partial charge in [0.1, 0.15) is 5.60 Å². The molecule has 1 N–H and O–H groups in total. The number of methoxy groups -OCH3 is 1. The van der Waals surface area contributed by atoms with Crippen LogP contribution in [0.1, 0.15) is 34.6 Å². The van der Waals surface area contributed by atoms with E-state index in [1.807, 2.05) is 5.48 Å². The molecule has 0 heterocycles. The van der Waals surface area contributed by atoms with Crippen molar-refractivity contribution in [2.75, 3.05) is 7.11 Å². The predicted octanol–water partition coefficient (Wildman–Crippen LogP) is 1.39. The minimum atomic E-state index is -1.26. The van der Waals surface area contributed by atoms with Crippen LogP contribution in [-0.4, -0.2) is 30.4 Å². The zero-order chi connectivity index (χ0) is 13.0. The van der Waals surface area contributed by atoms with Gasteiger partial charge >= 0.3 is 12.1 Å². The quantitative estimate of drug-likeness (QED) is 0.589. The van der Waals surface area contributed by atoms with Crippen LogP contribution in [-0.2, 0) is 19.1 Å². The highest BCUT2D eigenvalue weighted by Gasteiger charge is 2.32. The van der Waals surface area contributed by atoms with E-state index in [0.29, 0.717) is 0 Å². The Balaban J connectivity index is 4.15. The Labute approximate surface area is 95.2 Å². The van der Waals surface area contributed by atoms with Gasteiger partial charge in [0.15, 0.2) is 5.60 Å². The zero-order valence-corrected chi connectivity index (χ0v) is 10.5. The van der Waals surface area contributed by atoms with Crippen molar-refractivity contribution in [3.05, 3.63) is 0 Å². The first-order valence-electron chi connectivity index (χ1n) is 4.84. The van der Waals surface area contributed by atoms with Crippen molar-refractivity contribution in [3.63, 3.8) is 0 Å². The van der Waals surface area contributed by atoms with Crippen molar-refractivity contribution in [2.24, 2.45) is 0 Å². The molecule has 16 heavy (non-hydrogen) atoms. The number of amides is 1. The fraction of sp³-hybridized carbons (Fsp3) is 0.800. The lowest BCUT2D eigenvalue weighted by molar-refractivity contribution is -0.172. The molecule has 0 saturated heterocycles. The van der Waals surface area contributed by atoms with Gasteiger partial charge in [-0.1, -0.05) is 0 Å². The summed E-state index contributed by atoms with van der Waals surface area (Å²) in [5.74, 6) is -0.594. The van der Waals surface area contributed by atoms with Crippen molar-refractivity contribution in [1.29, 1.82) is 0 Å². The van der Waals surface area contributed by atoms with Gasteiger partial charge in [0.2, 0.25) is 0 Å². The molecule has 0 unspecified atom stereocenters. The number of hydrogen-bond acceptors (Lipinski definition) is 5. The molecule has 0 bridgehead atoms. The van der Waals surface area contributed by atoms with Gasteiger partial charge in [-0.25, -0.2) is 9.59 Å². The minimum absolute atomic E-state index is 0.594. The number of hydrogen-bond donors (Lipinski definition) is 1. The average molecular weight is 233 g/mol.